The summed E-state index contributed by atoms with van der Waals surface area (Å²) in [6.45, 7) is 9.16. The quantitative estimate of drug-likeness (QED) is 0.355. The van der Waals surface area contributed by atoms with Crippen molar-refractivity contribution in [1.82, 2.24) is 0 Å². The first-order chi connectivity index (χ1) is 10.2. The molecule has 0 heterocycles. The molecule has 2 unspecified atom stereocenters. The number of hydrogen-bond acceptors (Lipinski definition) is 1. The topological polar surface area (TPSA) is 20.2 Å². The minimum Gasteiger partial charge on any atom is -0.393 e. The molecule has 21 heavy (non-hydrogen) atoms. The molecule has 0 aliphatic carbocycles. The fourth-order valence-electron chi connectivity index (χ4n) is 3.64. The Labute approximate surface area is 134 Å². The summed E-state index contributed by atoms with van der Waals surface area (Å²) in [5, 5.41) is 10.1. The molecule has 0 radical (unpaired) electrons. The number of aliphatic hydroxyl groups is 1. The highest BCUT2D eigenvalue weighted by atomic mass is 16.3. The van der Waals surface area contributed by atoms with Crippen molar-refractivity contribution in [2.24, 2.45) is 11.8 Å². The van der Waals surface area contributed by atoms with E-state index in [0.717, 1.165) is 24.7 Å². The van der Waals surface area contributed by atoms with Gasteiger partial charge in [0.05, 0.1) is 6.10 Å². The van der Waals surface area contributed by atoms with Crippen molar-refractivity contribution in [3.05, 3.63) is 0 Å². The second-order valence-electron chi connectivity index (χ2n) is 7.02. The summed E-state index contributed by atoms with van der Waals surface area (Å²) in [6, 6.07) is 0. The Kier molecular flexibility index (Phi) is 14.9. The predicted octanol–water partition coefficient (Wildman–Crippen LogP) is 6.73. The summed E-state index contributed by atoms with van der Waals surface area (Å²) in [7, 11) is 0. The third-order valence-corrected chi connectivity index (χ3v) is 4.97. The molecule has 0 fully saturated rings. The molecule has 1 nitrogen and oxygen atoms in total. The highest BCUT2D eigenvalue weighted by molar-refractivity contribution is 4.64. The average molecular weight is 299 g/mol. The maximum absolute atomic E-state index is 10.1. The summed E-state index contributed by atoms with van der Waals surface area (Å²) in [6.07, 6.45) is 16.4. The van der Waals surface area contributed by atoms with E-state index in [1.54, 1.807) is 0 Å². The Morgan fingerprint density at radius 2 is 1.00 bits per heavy atom. The van der Waals surface area contributed by atoms with Crippen molar-refractivity contribution < 1.29 is 5.11 Å². The largest absolute Gasteiger partial charge is 0.393 e. The van der Waals surface area contributed by atoms with E-state index in [1.807, 2.05) is 0 Å². The van der Waals surface area contributed by atoms with Crippen LogP contribution in [0.25, 0.3) is 0 Å². The van der Waals surface area contributed by atoms with Gasteiger partial charge < -0.3 is 5.11 Å². The monoisotopic (exact) mass is 298 g/mol. The van der Waals surface area contributed by atoms with Crippen molar-refractivity contribution in [2.45, 2.75) is 117 Å². The second kappa shape index (κ2) is 14.9. The fourth-order valence-corrected chi connectivity index (χ4v) is 3.64. The third-order valence-electron chi connectivity index (χ3n) is 4.97. The first-order valence-electron chi connectivity index (χ1n) is 9.85. The first-order valence-corrected chi connectivity index (χ1v) is 9.85. The van der Waals surface area contributed by atoms with Crippen LogP contribution < -0.4 is 0 Å². The summed E-state index contributed by atoms with van der Waals surface area (Å²) < 4.78 is 0. The van der Waals surface area contributed by atoms with E-state index < -0.39 is 0 Å². The van der Waals surface area contributed by atoms with Gasteiger partial charge in [-0.15, -0.1) is 0 Å². The lowest BCUT2D eigenvalue weighted by Crippen LogP contribution is -2.09. The molecule has 0 saturated carbocycles. The molecule has 0 bridgehead atoms. The Bertz CT molecular complexity index is 196. The van der Waals surface area contributed by atoms with Crippen molar-refractivity contribution in [3.63, 3.8) is 0 Å². The van der Waals surface area contributed by atoms with E-state index in [1.165, 1.54) is 70.6 Å². The molecule has 1 N–H and O–H groups in total. The van der Waals surface area contributed by atoms with Crippen LogP contribution in [0.2, 0.25) is 0 Å². The van der Waals surface area contributed by atoms with Gasteiger partial charge in [-0.1, -0.05) is 98.3 Å². The van der Waals surface area contributed by atoms with Gasteiger partial charge in [0.1, 0.15) is 0 Å². The molecule has 0 rings (SSSR count). The highest BCUT2D eigenvalue weighted by Gasteiger charge is 2.10. The molecule has 2 atom stereocenters. The Balaban J connectivity index is 3.66. The standard InChI is InChI=1S/C20H42O/c1-5-11-18(8-4)14-9-16-20(21)17-10-15-19(12-6-2)13-7-3/h18-21H,5-17H2,1-4H3. The average Bonchev–Trinajstić information content (AvgIpc) is 2.46. The van der Waals surface area contributed by atoms with Crippen LogP contribution in [0, 0.1) is 11.8 Å². The number of rotatable bonds is 15. The molecule has 0 aromatic rings. The molecular formula is C20H42O. The van der Waals surface area contributed by atoms with Crippen LogP contribution in [0.4, 0.5) is 0 Å². The zero-order chi connectivity index (χ0) is 15.9. The maximum atomic E-state index is 10.1. The molecule has 0 saturated heterocycles. The van der Waals surface area contributed by atoms with E-state index in [0.29, 0.717) is 0 Å². The van der Waals surface area contributed by atoms with Crippen LogP contribution in [0.5, 0.6) is 0 Å². The molecule has 0 aromatic carbocycles. The van der Waals surface area contributed by atoms with Crippen molar-refractivity contribution in [1.29, 1.82) is 0 Å². The smallest absolute Gasteiger partial charge is 0.0540 e. The van der Waals surface area contributed by atoms with E-state index in [9.17, 15) is 5.11 Å². The summed E-state index contributed by atoms with van der Waals surface area (Å²) in [5.74, 6) is 1.79. The van der Waals surface area contributed by atoms with Gasteiger partial charge >= 0.3 is 0 Å². The molecule has 0 aliphatic heterocycles. The van der Waals surface area contributed by atoms with E-state index in [4.69, 9.17) is 0 Å². The van der Waals surface area contributed by atoms with Gasteiger partial charge in [0.25, 0.3) is 0 Å². The minimum atomic E-state index is -0.0481. The third kappa shape index (κ3) is 12.2. The van der Waals surface area contributed by atoms with Crippen molar-refractivity contribution in [3.8, 4) is 0 Å². The molecule has 0 amide bonds. The van der Waals surface area contributed by atoms with Crippen molar-refractivity contribution >= 4 is 0 Å². The first kappa shape index (κ1) is 21.0. The molecule has 0 aromatic heterocycles. The predicted molar refractivity (Wildman–Crippen MR) is 95.7 cm³/mol. The Morgan fingerprint density at radius 3 is 1.43 bits per heavy atom. The number of hydrogen-bond donors (Lipinski definition) is 1. The van der Waals surface area contributed by atoms with Gasteiger partial charge in [0.2, 0.25) is 0 Å². The van der Waals surface area contributed by atoms with Crippen LogP contribution in [0.1, 0.15) is 111 Å². The van der Waals surface area contributed by atoms with Gasteiger partial charge in [-0.05, 0) is 24.7 Å². The van der Waals surface area contributed by atoms with Crippen molar-refractivity contribution in [2.75, 3.05) is 0 Å². The fraction of sp³-hybridized carbons (Fsp3) is 1.00. The molecule has 0 aliphatic rings. The molecule has 0 spiro atoms. The molecular weight excluding hydrogens is 256 g/mol. The van der Waals surface area contributed by atoms with Gasteiger partial charge in [0.15, 0.2) is 0 Å². The molecule has 128 valence electrons. The maximum Gasteiger partial charge on any atom is 0.0540 e. The zero-order valence-electron chi connectivity index (χ0n) is 15.4. The van der Waals surface area contributed by atoms with Crippen LogP contribution >= 0.6 is 0 Å². The zero-order valence-corrected chi connectivity index (χ0v) is 15.4. The van der Waals surface area contributed by atoms with Crippen LogP contribution in [-0.4, -0.2) is 11.2 Å². The van der Waals surface area contributed by atoms with E-state index in [2.05, 4.69) is 27.7 Å². The van der Waals surface area contributed by atoms with Gasteiger partial charge in [0, 0.05) is 0 Å². The summed E-state index contributed by atoms with van der Waals surface area (Å²) in [4.78, 5) is 0. The van der Waals surface area contributed by atoms with Crippen LogP contribution in [0.3, 0.4) is 0 Å². The Hall–Kier alpha value is -0.0400. The summed E-state index contributed by atoms with van der Waals surface area (Å²) in [5.41, 5.74) is 0. The number of aliphatic hydroxyl groups excluding tert-OH is 1. The van der Waals surface area contributed by atoms with E-state index in [-0.39, 0.29) is 6.10 Å². The van der Waals surface area contributed by atoms with E-state index >= 15 is 0 Å². The van der Waals surface area contributed by atoms with Crippen LogP contribution in [0.15, 0.2) is 0 Å². The summed E-state index contributed by atoms with van der Waals surface area (Å²) >= 11 is 0. The lowest BCUT2D eigenvalue weighted by atomic mass is 9.90. The minimum absolute atomic E-state index is 0.0481. The second-order valence-corrected chi connectivity index (χ2v) is 7.02. The lowest BCUT2D eigenvalue weighted by Gasteiger charge is -2.17. The van der Waals surface area contributed by atoms with Gasteiger partial charge in [-0.25, -0.2) is 0 Å². The Morgan fingerprint density at radius 1 is 0.571 bits per heavy atom. The lowest BCUT2D eigenvalue weighted by molar-refractivity contribution is 0.142. The normalized spacial score (nSPS) is 14.6. The van der Waals surface area contributed by atoms with Crippen LogP contribution in [-0.2, 0) is 0 Å². The SMILES string of the molecule is CCCC(CC)CCCC(O)CCCC(CCC)CCC. The van der Waals surface area contributed by atoms with Gasteiger partial charge in [-0.2, -0.15) is 0 Å². The molecule has 1 heteroatoms. The highest BCUT2D eigenvalue weighted by Crippen LogP contribution is 2.23. The van der Waals surface area contributed by atoms with Gasteiger partial charge in [-0.3, -0.25) is 0 Å².